The summed E-state index contributed by atoms with van der Waals surface area (Å²) in [7, 11) is 0. The molecule has 1 heterocycles. The largest absolute Gasteiger partial charge is 0.473 e. The van der Waals surface area contributed by atoms with Crippen LogP contribution in [0.15, 0.2) is 51.5 Å². The van der Waals surface area contributed by atoms with Gasteiger partial charge < -0.3 is 4.74 Å². The van der Waals surface area contributed by atoms with E-state index in [9.17, 15) is 0 Å². The van der Waals surface area contributed by atoms with E-state index in [2.05, 4.69) is 36.8 Å². The second kappa shape index (κ2) is 5.46. The van der Waals surface area contributed by atoms with Gasteiger partial charge in [0, 0.05) is 26.8 Å². The molecule has 0 aliphatic rings. The third-order valence-electron chi connectivity index (χ3n) is 2.03. The van der Waals surface area contributed by atoms with Crippen LogP contribution in [0.25, 0.3) is 0 Å². The van der Waals surface area contributed by atoms with E-state index in [0.717, 1.165) is 14.5 Å². The average Bonchev–Trinajstić information content (AvgIpc) is 2.30. The molecule has 0 unspecified atom stereocenters. The Bertz CT molecular complexity index is 471. The van der Waals surface area contributed by atoms with E-state index in [4.69, 9.17) is 4.74 Å². The minimum absolute atomic E-state index is 0.510. The highest BCUT2D eigenvalue weighted by atomic mass is 79.9. The lowest BCUT2D eigenvalue weighted by atomic mass is 10.2. The maximum atomic E-state index is 5.57. The second-order valence-corrected chi connectivity index (χ2v) is 4.96. The molecule has 0 bridgehead atoms. The van der Waals surface area contributed by atoms with E-state index in [0.29, 0.717) is 12.5 Å². The first-order valence-electron chi connectivity index (χ1n) is 4.73. The van der Waals surface area contributed by atoms with Crippen molar-refractivity contribution in [3.63, 3.8) is 0 Å². The fraction of sp³-hybridized carbons (Fsp3) is 0.0833. The second-order valence-electron chi connectivity index (χ2n) is 3.19. The van der Waals surface area contributed by atoms with Gasteiger partial charge in [-0.15, -0.1) is 0 Å². The van der Waals surface area contributed by atoms with Crippen LogP contribution in [0.4, 0.5) is 0 Å². The topological polar surface area (TPSA) is 22.1 Å². The van der Waals surface area contributed by atoms with Gasteiger partial charge in [0.05, 0.1) is 0 Å². The number of hydrogen-bond donors (Lipinski definition) is 0. The normalized spacial score (nSPS) is 10.1. The van der Waals surface area contributed by atoms with Crippen molar-refractivity contribution in [1.82, 2.24) is 4.98 Å². The van der Waals surface area contributed by atoms with Crippen molar-refractivity contribution >= 4 is 31.9 Å². The molecule has 0 fully saturated rings. The van der Waals surface area contributed by atoms with E-state index in [1.807, 2.05) is 36.4 Å². The molecule has 2 nitrogen and oxygen atoms in total. The SMILES string of the molecule is Brc1ccc(OCc2ccccc2Br)nc1. The number of hydrogen-bond acceptors (Lipinski definition) is 2. The Balaban J connectivity index is 2.02. The van der Waals surface area contributed by atoms with Crippen LogP contribution < -0.4 is 4.74 Å². The first-order chi connectivity index (χ1) is 7.75. The van der Waals surface area contributed by atoms with Crippen molar-refractivity contribution in [1.29, 1.82) is 0 Å². The summed E-state index contributed by atoms with van der Waals surface area (Å²) in [4.78, 5) is 4.14. The Morgan fingerprint density at radius 3 is 2.56 bits per heavy atom. The Hall–Kier alpha value is -0.870. The molecule has 0 aliphatic heterocycles. The first kappa shape index (κ1) is 11.6. The minimum Gasteiger partial charge on any atom is -0.473 e. The van der Waals surface area contributed by atoms with Gasteiger partial charge in [0.15, 0.2) is 0 Å². The van der Waals surface area contributed by atoms with Gasteiger partial charge in [0.1, 0.15) is 6.61 Å². The summed E-state index contributed by atoms with van der Waals surface area (Å²) in [5.74, 6) is 0.624. The molecule has 0 radical (unpaired) electrons. The molecule has 0 aliphatic carbocycles. The molecular formula is C12H9Br2NO. The summed E-state index contributed by atoms with van der Waals surface area (Å²) >= 11 is 6.80. The Labute approximate surface area is 111 Å². The van der Waals surface area contributed by atoms with Gasteiger partial charge in [-0.3, -0.25) is 0 Å². The minimum atomic E-state index is 0.510. The van der Waals surface area contributed by atoms with Gasteiger partial charge in [0.25, 0.3) is 0 Å². The summed E-state index contributed by atoms with van der Waals surface area (Å²) in [6.45, 7) is 0.510. The molecule has 0 N–H and O–H groups in total. The van der Waals surface area contributed by atoms with Gasteiger partial charge >= 0.3 is 0 Å². The highest BCUT2D eigenvalue weighted by molar-refractivity contribution is 9.10. The Morgan fingerprint density at radius 2 is 1.88 bits per heavy atom. The van der Waals surface area contributed by atoms with Gasteiger partial charge in [0.2, 0.25) is 5.88 Å². The first-order valence-corrected chi connectivity index (χ1v) is 6.32. The zero-order chi connectivity index (χ0) is 11.4. The summed E-state index contributed by atoms with van der Waals surface area (Å²) < 4.78 is 7.56. The fourth-order valence-corrected chi connectivity index (χ4v) is 1.85. The molecule has 82 valence electrons. The number of rotatable bonds is 3. The number of pyridine rings is 1. The summed E-state index contributed by atoms with van der Waals surface area (Å²) in [6, 6.07) is 11.7. The zero-order valence-corrected chi connectivity index (χ0v) is 11.5. The van der Waals surface area contributed by atoms with Gasteiger partial charge in [-0.05, 0) is 28.1 Å². The smallest absolute Gasteiger partial charge is 0.213 e. The average molecular weight is 343 g/mol. The van der Waals surface area contributed by atoms with Crippen molar-refractivity contribution < 1.29 is 4.74 Å². The fourth-order valence-electron chi connectivity index (χ4n) is 1.21. The standard InChI is InChI=1S/C12H9Br2NO/c13-10-5-6-12(15-7-10)16-8-9-3-1-2-4-11(9)14/h1-7H,8H2. The molecule has 16 heavy (non-hydrogen) atoms. The van der Waals surface area contributed by atoms with Crippen molar-refractivity contribution in [3.8, 4) is 5.88 Å². The van der Waals surface area contributed by atoms with Gasteiger partial charge in [-0.2, -0.15) is 0 Å². The molecule has 0 saturated carbocycles. The summed E-state index contributed by atoms with van der Waals surface area (Å²) in [5.41, 5.74) is 1.10. The predicted molar refractivity (Wildman–Crippen MR) is 70.4 cm³/mol. The quantitative estimate of drug-likeness (QED) is 0.834. The Kier molecular flexibility index (Phi) is 3.96. The van der Waals surface area contributed by atoms with Crippen molar-refractivity contribution in [2.75, 3.05) is 0 Å². The van der Waals surface area contributed by atoms with Crippen LogP contribution in [-0.2, 0) is 6.61 Å². The number of halogens is 2. The van der Waals surface area contributed by atoms with E-state index < -0.39 is 0 Å². The van der Waals surface area contributed by atoms with Crippen LogP contribution in [0.1, 0.15) is 5.56 Å². The molecule has 0 spiro atoms. The predicted octanol–water partition coefficient (Wildman–Crippen LogP) is 4.19. The lowest BCUT2D eigenvalue weighted by Gasteiger charge is -2.06. The molecule has 2 aromatic rings. The van der Waals surface area contributed by atoms with Crippen LogP contribution in [0, 0.1) is 0 Å². The van der Waals surface area contributed by atoms with Crippen molar-refractivity contribution in [2.24, 2.45) is 0 Å². The molecule has 2 rings (SSSR count). The number of nitrogens with zero attached hydrogens (tertiary/aromatic N) is 1. The van der Waals surface area contributed by atoms with E-state index in [1.54, 1.807) is 6.20 Å². The number of ether oxygens (including phenoxy) is 1. The lowest BCUT2D eigenvalue weighted by Crippen LogP contribution is -1.97. The molecule has 4 heteroatoms. The van der Waals surface area contributed by atoms with Crippen LogP contribution in [0.5, 0.6) is 5.88 Å². The molecule has 1 aromatic carbocycles. The zero-order valence-electron chi connectivity index (χ0n) is 8.36. The maximum absolute atomic E-state index is 5.57. The third kappa shape index (κ3) is 3.06. The van der Waals surface area contributed by atoms with Crippen LogP contribution >= 0.6 is 31.9 Å². The van der Waals surface area contributed by atoms with Crippen molar-refractivity contribution in [3.05, 3.63) is 57.1 Å². The van der Waals surface area contributed by atoms with Crippen LogP contribution in [0.3, 0.4) is 0 Å². The van der Waals surface area contributed by atoms with Gasteiger partial charge in [-0.25, -0.2) is 4.98 Å². The maximum Gasteiger partial charge on any atom is 0.213 e. The molecular weight excluding hydrogens is 334 g/mol. The number of benzene rings is 1. The lowest BCUT2D eigenvalue weighted by molar-refractivity contribution is 0.293. The Morgan fingerprint density at radius 1 is 1.06 bits per heavy atom. The summed E-state index contributed by atoms with van der Waals surface area (Å²) in [6.07, 6.45) is 1.72. The molecule has 1 aromatic heterocycles. The number of aromatic nitrogens is 1. The van der Waals surface area contributed by atoms with Gasteiger partial charge in [-0.1, -0.05) is 34.1 Å². The highest BCUT2D eigenvalue weighted by Crippen LogP contribution is 2.18. The van der Waals surface area contributed by atoms with Crippen molar-refractivity contribution in [2.45, 2.75) is 6.61 Å². The van der Waals surface area contributed by atoms with E-state index in [1.165, 1.54) is 0 Å². The monoisotopic (exact) mass is 341 g/mol. The molecule has 0 atom stereocenters. The third-order valence-corrected chi connectivity index (χ3v) is 3.28. The molecule has 0 saturated heterocycles. The van der Waals surface area contributed by atoms with E-state index >= 15 is 0 Å². The highest BCUT2D eigenvalue weighted by Gasteiger charge is 2.00. The van der Waals surface area contributed by atoms with Crippen LogP contribution in [-0.4, -0.2) is 4.98 Å². The molecule has 0 amide bonds. The van der Waals surface area contributed by atoms with Crippen LogP contribution in [0.2, 0.25) is 0 Å². The summed E-state index contributed by atoms with van der Waals surface area (Å²) in [5, 5.41) is 0. The van der Waals surface area contributed by atoms with E-state index in [-0.39, 0.29) is 0 Å².